The molecule has 0 bridgehead atoms. The average Bonchev–Trinajstić information content (AvgIpc) is 2.57. The Kier molecular flexibility index (Phi) is 4.00. The molecular weight excluding hydrogens is 338 g/mol. The molecule has 0 aromatic heterocycles. The van der Waals surface area contributed by atoms with Crippen LogP contribution in [0.4, 0.5) is 17.1 Å². The molecule has 3 aromatic rings. The van der Waals surface area contributed by atoms with Crippen molar-refractivity contribution in [2.75, 3.05) is 4.90 Å². The Morgan fingerprint density at radius 3 is 1.58 bits per heavy atom. The highest BCUT2D eigenvalue weighted by molar-refractivity contribution is 7.85. The molecule has 1 aliphatic heterocycles. The van der Waals surface area contributed by atoms with E-state index in [9.17, 15) is 4.21 Å². The van der Waals surface area contributed by atoms with Gasteiger partial charge in [0.2, 0.25) is 0 Å². The molecule has 4 rings (SSSR count). The number of hydrogen-bond acceptors (Lipinski definition) is 2. The van der Waals surface area contributed by atoms with Gasteiger partial charge in [0, 0.05) is 0 Å². The molecular formula is C23H23NOS. The minimum Gasteiger partial charge on any atom is -0.307 e. The molecule has 0 atom stereocenters. The van der Waals surface area contributed by atoms with Crippen LogP contribution in [-0.4, -0.2) is 4.21 Å². The average molecular weight is 362 g/mol. The smallest absolute Gasteiger partial charge is 0.0892 e. The Bertz CT molecular complexity index is 989. The van der Waals surface area contributed by atoms with E-state index < -0.39 is 10.8 Å². The Balaban J connectivity index is 2.08. The topological polar surface area (TPSA) is 20.3 Å². The Hall–Kier alpha value is -2.39. The molecule has 2 nitrogen and oxygen atoms in total. The summed E-state index contributed by atoms with van der Waals surface area (Å²) in [6, 6.07) is 17.0. The maximum atomic E-state index is 13.3. The number of hydrogen-bond donors (Lipinski definition) is 0. The van der Waals surface area contributed by atoms with Gasteiger partial charge in [-0.05, 0) is 81.1 Å². The Morgan fingerprint density at radius 2 is 1.12 bits per heavy atom. The summed E-state index contributed by atoms with van der Waals surface area (Å²) in [6.45, 7) is 10.5. The van der Waals surface area contributed by atoms with E-state index in [4.69, 9.17) is 0 Å². The maximum absolute atomic E-state index is 13.3. The second kappa shape index (κ2) is 6.10. The molecule has 3 aromatic carbocycles. The predicted molar refractivity (Wildman–Crippen MR) is 109 cm³/mol. The number of benzene rings is 3. The summed E-state index contributed by atoms with van der Waals surface area (Å²) < 4.78 is 13.3. The number of anilines is 3. The van der Waals surface area contributed by atoms with Crippen LogP contribution in [0.2, 0.25) is 0 Å². The fraction of sp³-hybridized carbons (Fsp3) is 0.217. The summed E-state index contributed by atoms with van der Waals surface area (Å²) in [4.78, 5) is 4.07. The van der Waals surface area contributed by atoms with E-state index in [2.05, 4.69) is 88.0 Å². The van der Waals surface area contributed by atoms with E-state index in [1.165, 1.54) is 22.4 Å². The molecule has 3 heteroatoms. The lowest BCUT2D eigenvalue weighted by molar-refractivity contribution is 0.682. The van der Waals surface area contributed by atoms with E-state index in [-0.39, 0.29) is 0 Å². The van der Waals surface area contributed by atoms with Crippen molar-refractivity contribution in [3.8, 4) is 0 Å². The van der Waals surface area contributed by atoms with Crippen LogP contribution in [-0.2, 0) is 10.8 Å². The van der Waals surface area contributed by atoms with Gasteiger partial charge in [-0.15, -0.1) is 0 Å². The third-order valence-electron chi connectivity index (χ3n) is 4.97. The van der Waals surface area contributed by atoms with Crippen molar-refractivity contribution in [2.24, 2.45) is 0 Å². The minimum absolute atomic E-state index is 0.891. The van der Waals surface area contributed by atoms with Crippen LogP contribution < -0.4 is 4.90 Å². The molecule has 132 valence electrons. The summed E-state index contributed by atoms with van der Waals surface area (Å²) in [6.07, 6.45) is 0. The van der Waals surface area contributed by atoms with Gasteiger partial charge >= 0.3 is 0 Å². The minimum atomic E-state index is -1.16. The lowest BCUT2D eigenvalue weighted by Gasteiger charge is -2.35. The summed E-state index contributed by atoms with van der Waals surface area (Å²) in [5, 5.41) is 0. The van der Waals surface area contributed by atoms with E-state index >= 15 is 0 Å². The van der Waals surface area contributed by atoms with Crippen LogP contribution >= 0.6 is 0 Å². The fourth-order valence-corrected chi connectivity index (χ4v) is 5.44. The van der Waals surface area contributed by atoms with Crippen LogP contribution in [0.5, 0.6) is 0 Å². The molecule has 0 N–H and O–H groups in total. The third kappa shape index (κ3) is 2.58. The lowest BCUT2D eigenvalue weighted by atomic mass is 10.0. The molecule has 1 aliphatic rings. The normalized spacial score (nSPS) is 13.5. The second-order valence-corrected chi connectivity index (χ2v) is 8.71. The SMILES string of the molecule is Cc1cc(C)c(N2c3ccc(C)cc3S(=O)c3cc(C)ccc32)c(C)c1. The molecule has 0 unspecified atom stereocenters. The number of fused-ring (bicyclic) bond motifs is 2. The van der Waals surface area contributed by atoms with Gasteiger partial charge in [0.1, 0.15) is 0 Å². The van der Waals surface area contributed by atoms with Gasteiger partial charge in [0.15, 0.2) is 0 Å². The van der Waals surface area contributed by atoms with Gasteiger partial charge in [0.25, 0.3) is 0 Å². The largest absolute Gasteiger partial charge is 0.307 e. The van der Waals surface area contributed by atoms with E-state index in [0.29, 0.717) is 0 Å². The molecule has 0 amide bonds. The predicted octanol–water partition coefficient (Wildman–Crippen LogP) is 6.18. The molecule has 0 fully saturated rings. The lowest BCUT2D eigenvalue weighted by Crippen LogP contribution is -2.21. The molecule has 0 radical (unpaired) electrons. The molecule has 0 spiro atoms. The highest BCUT2D eigenvalue weighted by Gasteiger charge is 2.30. The van der Waals surface area contributed by atoms with Crippen molar-refractivity contribution >= 4 is 27.9 Å². The van der Waals surface area contributed by atoms with Gasteiger partial charge in [-0.25, -0.2) is 4.21 Å². The van der Waals surface area contributed by atoms with E-state index in [1.54, 1.807) is 0 Å². The van der Waals surface area contributed by atoms with Crippen molar-refractivity contribution in [3.05, 3.63) is 76.3 Å². The van der Waals surface area contributed by atoms with E-state index in [1.807, 2.05) is 0 Å². The first-order chi connectivity index (χ1) is 12.4. The van der Waals surface area contributed by atoms with Crippen molar-refractivity contribution < 1.29 is 4.21 Å². The molecule has 1 heterocycles. The second-order valence-electron chi connectivity index (χ2n) is 7.29. The molecule has 26 heavy (non-hydrogen) atoms. The van der Waals surface area contributed by atoms with Gasteiger partial charge in [-0.2, -0.15) is 0 Å². The molecule has 0 saturated heterocycles. The van der Waals surface area contributed by atoms with E-state index in [0.717, 1.165) is 32.3 Å². The van der Waals surface area contributed by atoms with Crippen molar-refractivity contribution in [3.63, 3.8) is 0 Å². The summed E-state index contributed by atoms with van der Waals surface area (Å²) in [5.41, 5.74) is 9.19. The standard InChI is InChI=1S/C23H23NOS/c1-14-6-8-19-21(12-14)26(25)22-13-15(2)7-9-20(22)24(19)23-17(4)10-16(3)11-18(23)5/h6-13H,1-5H3. The van der Waals surface area contributed by atoms with Crippen molar-refractivity contribution in [2.45, 2.75) is 44.4 Å². The zero-order chi connectivity index (χ0) is 18.6. The summed E-state index contributed by atoms with van der Waals surface area (Å²) >= 11 is 0. The van der Waals surface area contributed by atoms with Gasteiger partial charge in [-0.1, -0.05) is 29.8 Å². The Labute approximate surface area is 157 Å². The first-order valence-electron chi connectivity index (χ1n) is 8.88. The molecule has 0 aliphatic carbocycles. The monoisotopic (exact) mass is 361 g/mol. The van der Waals surface area contributed by atoms with Gasteiger partial charge < -0.3 is 4.90 Å². The summed E-state index contributed by atoms with van der Waals surface area (Å²) in [5.74, 6) is 0. The van der Waals surface area contributed by atoms with Crippen LogP contribution in [0, 0.1) is 34.6 Å². The van der Waals surface area contributed by atoms with Gasteiger partial charge in [0.05, 0.1) is 37.7 Å². The first-order valence-corrected chi connectivity index (χ1v) is 10.0. The van der Waals surface area contributed by atoms with Crippen LogP contribution in [0.15, 0.2) is 58.3 Å². The third-order valence-corrected chi connectivity index (χ3v) is 6.42. The number of rotatable bonds is 1. The molecule has 0 saturated carbocycles. The van der Waals surface area contributed by atoms with Crippen LogP contribution in [0.3, 0.4) is 0 Å². The highest BCUT2D eigenvalue weighted by Crippen LogP contribution is 2.48. The first kappa shape index (κ1) is 17.0. The van der Waals surface area contributed by atoms with Crippen LogP contribution in [0.1, 0.15) is 27.8 Å². The van der Waals surface area contributed by atoms with Crippen molar-refractivity contribution in [1.82, 2.24) is 0 Å². The zero-order valence-corrected chi connectivity index (χ0v) is 16.7. The van der Waals surface area contributed by atoms with Gasteiger partial charge in [-0.3, -0.25) is 0 Å². The Morgan fingerprint density at radius 1 is 0.654 bits per heavy atom. The maximum Gasteiger partial charge on any atom is 0.0892 e. The van der Waals surface area contributed by atoms with Crippen LogP contribution in [0.25, 0.3) is 0 Å². The van der Waals surface area contributed by atoms with Crippen molar-refractivity contribution in [1.29, 1.82) is 0 Å². The fourth-order valence-electron chi connectivity index (χ4n) is 3.92. The highest BCUT2D eigenvalue weighted by atomic mass is 32.2. The number of aryl methyl sites for hydroxylation is 5. The quantitative estimate of drug-likeness (QED) is 0.403. The number of nitrogens with zero attached hydrogens (tertiary/aromatic N) is 1. The zero-order valence-electron chi connectivity index (χ0n) is 15.9. The summed E-state index contributed by atoms with van der Waals surface area (Å²) in [7, 11) is -1.16.